The minimum Gasteiger partial charge on any atom is -0.461 e. The molecule has 2 aromatic heterocycles. The van der Waals surface area contributed by atoms with Crippen LogP contribution in [0.3, 0.4) is 0 Å². The van der Waals surface area contributed by atoms with E-state index in [-0.39, 0.29) is 24.0 Å². The summed E-state index contributed by atoms with van der Waals surface area (Å²) in [5.74, 6) is -0.903. The molecule has 1 N–H and O–H groups in total. The normalized spacial score (nSPS) is 11.9. The van der Waals surface area contributed by atoms with E-state index in [1.807, 2.05) is 5.38 Å². The molecule has 2 aromatic rings. The minimum absolute atomic E-state index is 0.202. The predicted octanol–water partition coefficient (Wildman–Crippen LogP) is 3.21. The van der Waals surface area contributed by atoms with Crippen molar-refractivity contribution >= 4 is 29.0 Å². The Labute approximate surface area is 150 Å². The largest absolute Gasteiger partial charge is 0.461 e. The Hall–Kier alpha value is -2.41. The van der Waals surface area contributed by atoms with Crippen LogP contribution in [0.5, 0.6) is 0 Å². The molecule has 7 heteroatoms. The van der Waals surface area contributed by atoms with Crippen LogP contribution in [0.1, 0.15) is 55.6 Å². The summed E-state index contributed by atoms with van der Waals surface area (Å²) in [6.07, 6.45) is 0. The van der Waals surface area contributed by atoms with Gasteiger partial charge in [-0.3, -0.25) is 9.59 Å². The average Bonchev–Trinajstić information content (AvgIpc) is 3.21. The number of Topliss-reactive ketones (excluding diaryl/α,β-unsaturated/α-hetero) is 1. The maximum atomic E-state index is 12.9. The summed E-state index contributed by atoms with van der Waals surface area (Å²) in [6, 6.07) is 2.87. The standard InChI is InChI=1S/C18H22N2O4S/c1-6-24-18(23)15-10(2)14(11(3)19-15)16(21)12(4)20(5)17(22)13-8-7-9-25-13/h7-9,12,19H,6H2,1-5H3/t12-/m1/s1. The van der Waals surface area contributed by atoms with E-state index in [2.05, 4.69) is 4.98 Å². The average molecular weight is 362 g/mol. The Bertz CT molecular complexity index is 792. The number of rotatable bonds is 6. The SMILES string of the molecule is CCOC(=O)c1[nH]c(C)c(C(=O)[C@@H](C)N(C)C(=O)c2cccs2)c1C. The number of amides is 1. The van der Waals surface area contributed by atoms with Gasteiger partial charge >= 0.3 is 5.97 Å². The molecule has 0 unspecified atom stereocenters. The summed E-state index contributed by atoms with van der Waals surface area (Å²) in [5.41, 5.74) is 1.85. The summed E-state index contributed by atoms with van der Waals surface area (Å²) >= 11 is 1.33. The van der Waals surface area contributed by atoms with Crippen molar-refractivity contribution in [1.82, 2.24) is 9.88 Å². The summed E-state index contributed by atoms with van der Waals surface area (Å²) in [7, 11) is 1.61. The Morgan fingerprint density at radius 3 is 2.56 bits per heavy atom. The number of likely N-dealkylation sites (N-methyl/N-ethyl adjacent to an activating group) is 1. The molecule has 0 aliphatic rings. The van der Waals surface area contributed by atoms with Gasteiger partial charge in [0.2, 0.25) is 0 Å². The Morgan fingerprint density at radius 1 is 1.32 bits per heavy atom. The van der Waals surface area contributed by atoms with Gasteiger partial charge in [0.25, 0.3) is 5.91 Å². The fraction of sp³-hybridized carbons (Fsp3) is 0.389. The van der Waals surface area contributed by atoms with Gasteiger partial charge in [-0.05, 0) is 44.7 Å². The number of aromatic nitrogens is 1. The lowest BCUT2D eigenvalue weighted by molar-refractivity contribution is 0.0519. The molecule has 2 heterocycles. The fourth-order valence-electron chi connectivity index (χ4n) is 2.66. The van der Waals surface area contributed by atoms with Gasteiger partial charge < -0.3 is 14.6 Å². The quantitative estimate of drug-likeness (QED) is 0.632. The molecule has 2 rings (SSSR count). The van der Waals surface area contributed by atoms with Crippen LogP contribution in [-0.2, 0) is 4.74 Å². The number of hydrogen-bond donors (Lipinski definition) is 1. The Kier molecular flexibility index (Phi) is 5.79. The smallest absolute Gasteiger partial charge is 0.355 e. The van der Waals surface area contributed by atoms with E-state index in [9.17, 15) is 14.4 Å². The van der Waals surface area contributed by atoms with E-state index in [1.54, 1.807) is 46.9 Å². The number of ketones is 1. The van der Waals surface area contributed by atoms with Gasteiger partial charge in [-0.25, -0.2) is 4.79 Å². The maximum Gasteiger partial charge on any atom is 0.355 e. The fourth-order valence-corrected chi connectivity index (χ4v) is 3.37. The molecule has 0 aliphatic heterocycles. The number of ether oxygens (including phenoxy) is 1. The van der Waals surface area contributed by atoms with E-state index in [1.165, 1.54) is 16.2 Å². The highest BCUT2D eigenvalue weighted by atomic mass is 32.1. The molecular formula is C18H22N2O4S. The van der Waals surface area contributed by atoms with Crippen molar-refractivity contribution < 1.29 is 19.1 Å². The van der Waals surface area contributed by atoms with Crippen LogP contribution in [-0.4, -0.2) is 47.2 Å². The van der Waals surface area contributed by atoms with Gasteiger partial charge in [-0.15, -0.1) is 11.3 Å². The predicted molar refractivity (Wildman–Crippen MR) is 96.4 cm³/mol. The molecule has 0 saturated heterocycles. The zero-order valence-corrected chi connectivity index (χ0v) is 15.8. The van der Waals surface area contributed by atoms with Crippen LogP contribution < -0.4 is 0 Å². The molecule has 0 radical (unpaired) electrons. The monoisotopic (exact) mass is 362 g/mol. The van der Waals surface area contributed by atoms with E-state index >= 15 is 0 Å². The number of H-pyrrole nitrogens is 1. The lowest BCUT2D eigenvalue weighted by atomic mass is 10.00. The number of nitrogens with zero attached hydrogens (tertiary/aromatic N) is 1. The first-order chi connectivity index (χ1) is 11.8. The number of carbonyl (C=O) groups excluding carboxylic acids is 3. The number of thiophene rings is 1. The molecule has 0 aromatic carbocycles. The van der Waals surface area contributed by atoms with Gasteiger partial charge in [-0.1, -0.05) is 6.07 Å². The van der Waals surface area contributed by atoms with Crippen molar-refractivity contribution in [2.45, 2.75) is 33.7 Å². The minimum atomic E-state index is -0.655. The van der Waals surface area contributed by atoms with Crippen LogP contribution in [0.4, 0.5) is 0 Å². The number of carbonyl (C=O) groups is 3. The molecule has 0 saturated carbocycles. The van der Waals surface area contributed by atoms with Crippen LogP contribution in [0.15, 0.2) is 17.5 Å². The van der Waals surface area contributed by atoms with Gasteiger partial charge in [-0.2, -0.15) is 0 Å². The number of esters is 1. The summed E-state index contributed by atoms with van der Waals surface area (Å²) in [5, 5.41) is 1.82. The van der Waals surface area contributed by atoms with E-state index in [0.29, 0.717) is 21.7 Å². The second-order valence-corrected chi connectivity index (χ2v) is 6.73. The van der Waals surface area contributed by atoms with E-state index in [4.69, 9.17) is 4.74 Å². The Balaban J connectivity index is 2.28. The molecule has 0 spiro atoms. The molecule has 0 bridgehead atoms. The third kappa shape index (κ3) is 3.66. The molecule has 1 atom stereocenters. The summed E-state index contributed by atoms with van der Waals surface area (Å²) < 4.78 is 5.01. The summed E-state index contributed by atoms with van der Waals surface area (Å²) in [6.45, 7) is 7.10. The first kappa shape index (κ1) is 18.9. The van der Waals surface area contributed by atoms with E-state index < -0.39 is 12.0 Å². The highest BCUT2D eigenvalue weighted by Crippen LogP contribution is 2.22. The molecular weight excluding hydrogens is 340 g/mol. The zero-order chi connectivity index (χ0) is 18.7. The Morgan fingerprint density at radius 2 is 2.00 bits per heavy atom. The number of aromatic amines is 1. The molecule has 1 amide bonds. The first-order valence-electron chi connectivity index (χ1n) is 8.00. The molecule has 134 valence electrons. The summed E-state index contributed by atoms with van der Waals surface area (Å²) in [4.78, 5) is 42.3. The highest BCUT2D eigenvalue weighted by molar-refractivity contribution is 7.12. The molecule has 0 aliphatic carbocycles. The van der Waals surface area contributed by atoms with Crippen LogP contribution >= 0.6 is 11.3 Å². The molecule has 6 nitrogen and oxygen atoms in total. The first-order valence-corrected chi connectivity index (χ1v) is 8.88. The third-order valence-electron chi connectivity index (χ3n) is 4.18. The number of nitrogens with one attached hydrogen (secondary N) is 1. The van der Waals surface area contributed by atoms with Crippen LogP contribution in [0.2, 0.25) is 0 Å². The van der Waals surface area contributed by atoms with Gasteiger partial charge in [0.15, 0.2) is 5.78 Å². The highest BCUT2D eigenvalue weighted by Gasteiger charge is 2.30. The van der Waals surface area contributed by atoms with Crippen molar-refractivity contribution in [3.63, 3.8) is 0 Å². The molecule has 25 heavy (non-hydrogen) atoms. The lowest BCUT2D eigenvalue weighted by Gasteiger charge is -2.23. The van der Waals surface area contributed by atoms with Gasteiger partial charge in [0.1, 0.15) is 5.69 Å². The maximum absolute atomic E-state index is 12.9. The van der Waals surface area contributed by atoms with E-state index in [0.717, 1.165) is 0 Å². The molecule has 0 fully saturated rings. The van der Waals surface area contributed by atoms with Crippen molar-refractivity contribution in [2.75, 3.05) is 13.7 Å². The van der Waals surface area contributed by atoms with Gasteiger partial charge in [0.05, 0.1) is 17.5 Å². The van der Waals surface area contributed by atoms with Crippen molar-refractivity contribution in [3.05, 3.63) is 44.9 Å². The second kappa shape index (κ2) is 7.65. The number of aryl methyl sites for hydroxylation is 1. The van der Waals surface area contributed by atoms with Crippen LogP contribution in [0, 0.1) is 13.8 Å². The lowest BCUT2D eigenvalue weighted by Crippen LogP contribution is -2.40. The third-order valence-corrected chi connectivity index (χ3v) is 5.03. The topological polar surface area (TPSA) is 79.5 Å². The zero-order valence-electron chi connectivity index (χ0n) is 15.0. The van der Waals surface area contributed by atoms with Crippen molar-refractivity contribution in [1.29, 1.82) is 0 Å². The van der Waals surface area contributed by atoms with Gasteiger partial charge in [0, 0.05) is 18.3 Å². The van der Waals surface area contributed by atoms with Crippen molar-refractivity contribution in [3.8, 4) is 0 Å². The second-order valence-electron chi connectivity index (χ2n) is 5.78. The van der Waals surface area contributed by atoms with Crippen LogP contribution in [0.25, 0.3) is 0 Å². The van der Waals surface area contributed by atoms with Crippen molar-refractivity contribution in [2.24, 2.45) is 0 Å². The number of hydrogen-bond acceptors (Lipinski definition) is 5.